The van der Waals surface area contributed by atoms with Gasteiger partial charge in [-0.15, -0.1) is 0 Å². The smallest absolute Gasteiger partial charge is 0.125 e. The van der Waals surface area contributed by atoms with Gasteiger partial charge in [0.25, 0.3) is 0 Å². The third-order valence-electron chi connectivity index (χ3n) is 2.50. The first kappa shape index (κ1) is 12.0. The molecule has 0 fully saturated rings. The highest BCUT2D eigenvalue weighted by Crippen LogP contribution is 2.05. The van der Waals surface area contributed by atoms with Gasteiger partial charge in [-0.3, -0.25) is 0 Å². The number of hydrogen-bond acceptors (Lipinski definition) is 2. The molecule has 1 heterocycles. The summed E-state index contributed by atoms with van der Waals surface area (Å²) >= 11 is 0. The Morgan fingerprint density at radius 1 is 1.07 bits per heavy atom. The third kappa shape index (κ3) is 6.10. The van der Waals surface area contributed by atoms with Gasteiger partial charge in [0.15, 0.2) is 0 Å². The molecule has 1 N–H and O–H groups in total. The van der Waals surface area contributed by atoms with Gasteiger partial charge in [0.05, 0.1) is 0 Å². The van der Waals surface area contributed by atoms with Crippen LogP contribution in [0.3, 0.4) is 0 Å². The molecule has 0 aliphatic heterocycles. The molecule has 2 heteroatoms. The minimum atomic E-state index is 0.992. The quantitative estimate of drug-likeness (QED) is 0.653. The summed E-state index contributed by atoms with van der Waals surface area (Å²) in [5.74, 6) is 0.992. The van der Waals surface area contributed by atoms with Gasteiger partial charge in [-0.25, -0.2) is 4.98 Å². The Balaban J connectivity index is 1.93. The number of hydrogen-bond donors (Lipinski definition) is 1. The van der Waals surface area contributed by atoms with Crippen molar-refractivity contribution in [2.24, 2.45) is 0 Å². The van der Waals surface area contributed by atoms with Crippen molar-refractivity contribution >= 4 is 5.82 Å². The standard InChI is InChI=1S/C13H22N2/c1-2-3-4-5-6-8-11-14-13-10-7-9-12-15-13/h7,9-10,12H,2-6,8,11H2,1H3,(H,14,15). The normalized spacial score (nSPS) is 10.2. The van der Waals surface area contributed by atoms with Gasteiger partial charge in [-0.05, 0) is 18.6 Å². The molecule has 0 radical (unpaired) electrons. The summed E-state index contributed by atoms with van der Waals surface area (Å²) in [6.07, 6.45) is 9.88. The van der Waals surface area contributed by atoms with Crippen LogP contribution in [0.5, 0.6) is 0 Å². The number of anilines is 1. The van der Waals surface area contributed by atoms with Crippen molar-refractivity contribution in [1.29, 1.82) is 0 Å². The SMILES string of the molecule is CCCCCCCCNc1ccccn1. The summed E-state index contributed by atoms with van der Waals surface area (Å²) < 4.78 is 0. The van der Waals surface area contributed by atoms with Crippen LogP contribution in [0.2, 0.25) is 0 Å². The second-order valence-corrected chi connectivity index (χ2v) is 3.91. The Hall–Kier alpha value is -1.05. The predicted molar refractivity (Wildman–Crippen MR) is 66.1 cm³/mol. The number of rotatable bonds is 8. The summed E-state index contributed by atoms with van der Waals surface area (Å²) in [7, 11) is 0. The van der Waals surface area contributed by atoms with Gasteiger partial charge in [0, 0.05) is 12.7 Å². The number of aromatic nitrogens is 1. The monoisotopic (exact) mass is 206 g/mol. The molecule has 1 aromatic heterocycles. The lowest BCUT2D eigenvalue weighted by Gasteiger charge is -2.04. The minimum Gasteiger partial charge on any atom is -0.370 e. The van der Waals surface area contributed by atoms with Gasteiger partial charge in [0.1, 0.15) is 5.82 Å². The van der Waals surface area contributed by atoms with Crippen molar-refractivity contribution < 1.29 is 0 Å². The van der Waals surface area contributed by atoms with Crippen LogP contribution in [-0.4, -0.2) is 11.5 Å². The molecule has 0 bridgehead atoms. The van der Waals surface area contributed by atoms with Gasteiger partial charge in [0.2, 0.25) is 0 Å². The number of nitrogens with zero attached hydrogens (tertiary/aromatic N) is 1. The van der Waals surface area contributed by atoms with Crippen LogP contribution in [0.1, 0.15) is 45.4 Å². The summed E-state index contributed by atoms with van der Waals surface area (Å²) in [5.41, 5.74) is 0. The highest BCUT2D eigenvalue weighted by molar-refractivity contribution is 5.32. The first-order valence-electron chi connectivity index (χ1n) is 6.08. The van der Waals surface area contributed by atoms with E-state index in [0.717, 1.165) is 12.4 Å². The average Bonchev–Trinajstić information content (AvgIpc) is 2.29. The van der Waals surface area contributed by atoms with Crippen LogP contribution >= 0.6 is 0 Å². The molecule has 84 valence electrons. The van der Waals surface area contributed by atoms with E-state index in [1.807, 2.05) is 24.4 Å². The molecular weight excluding hydrogens is 184 g/mol. The maximum absolute atomic E-state index is 4.21. The Morgan fingerprint density at radius 3 is 2.60 bits per heavy atom. The maximum atomic E-state index is 4.21. The van der Waals surface area contributed by atoms with Crippen LogP contribution < -0.4 is 5.32 Å². The zero-order valence-corrected chi connectivity index (χ0v) is 9.71. The Labute approximate surface area is 93.1 Å². The second kappa shape index (κ2) is 8.27. The highest BCUT2D eigenvalue weighted by atomic mass is 15.0. The van der Waals surface area contributed by atoms with E-state index in [-0.39, 0.29) is 0 Å². The number of unbranched alkanes of at least 4 members (excludes halogenated alkanes) is 5. The molecule has 1 rings (SSSR count). The van der Waals surface area contributed by atoms with Crippen LogP contribution in [0.4, 0.5) is 5.82 Å². The maximum Gasteiger partial charge on any atom is 0.125 e. The summed E-state index contributed by atoms with van der Waals surface area (Å²) in [4.78, 5) is 4.21. The zero-order chi connectivity index (χ0) is 10.8. The van der Waals surface area contributed by atoms with Crippen molar-refractivity contribution in [3.63, 3.8) is 0 Å². The van der Waals surface area contributed by atoms with Crippen LogP contribution in [0, 0.1) is 0 Å². The Bertz CT molecular complexity index is 234. The van der Waals surface area contributed by atoms with Gasteiger partial charge in [-0.1, -0.05) is 45.1 Å². The van der Waals surface area contributed by atoms with Crippen molar-refractivity contribution in [2.45, 2.75) is 45.4 Å². The van der Waals surface area contributed by atoms with Gasteiger partial charge < -0.3 is 5.32 Å². The molecule has 0 aliphatic carbocycles. The fraction of sp³-hybridized carbons (Fsp3) is 0.615. The largest absolute Gasteiger partial charge is 0.370 e. The first-order chi connectivity index (χ1) is 7.43. The van der Waals surface area contributed by atoms with E-state index in [2.05, 4.69) is 17.2 Å². The molecule has 0 unspecified atom stereocenters. The van der Waals surface area contributed by atoms with E-state index in [1.165, 1.54) is 38.5 Å². The molecule has 0 spiro atoms. The molecule has 15 heavy (non-hydrogen) atoms. The van der Waals surface area contributed by atoms with E-state index in [9.17, 15) is 0 Å². The lowest BCUT2D eigenvalue weighted by Crippen LogP contribution is -2.02. The van der Waals surface area contributed by atoms with Crippen LogP contribution in [-0.2, 0) is 0 Å². The Morgan fingerprint density at radius 2 is 1.87 bits per heavy atom. The lowest BCUT2D eigenvalue weighted by molar-refractivity contribution is 0.617. The Kier molecular flexibility index (Phi) is 6.63. The van der Waals surface area contributed by atoms with Crippen molar-refractivity contribution in [3.8, 4) is 0 Å². The summed E-state index contributed by atoms with van der Waals surface area (Å²) in [5, 5.41) is 3.32. The van der Waals surface area contributed by atoms with E-state index < -0.39 is 0 Å². The second-order valence-electron chi connectivity index (χ2n) is 3.91. The predicted octanol–water partition coefficient (Wildman–Crippen LogP) is 3.85. The molecule has 0 aliphatic rings. The fourth-order valence-electron chi connectivity index (χ4n) is 1.59. The number of nitrogens with one attached hydrogen (secondary N) is 1. The van der Waals surface area contributed by atoms with E-state index in [1.54, 1.807) is 0 Å². The third-order valence-corrected chi connectivity index (χ3v) is 2.50. The lowest BCUT2D eigenvalue weighted by atomic mass is 10.1. The molecule has 0 saturated heterocycles. The summed E-state index contributed by atoms with van der Waals surface area (Å²) in [6, 6.07) is 5.96. The minimum absolute atomic E-state index is 0.992. The van der Waals surface area contributed by atoms with Crippen molar-refractivity contribution in [2.75, 3.05) is 11.9 Å². The molecule has 2 nitrogen and oxygen atoms in total. The van der Waals surface area contributed by atoms with Gasteiger partial charge >= 0.3 is 0 Å². The molecule has 1 aromatic rings. The molecule has 0 atom stereocenters. The van der Waals surface area contributed by atoms with Crippen molar-refractivity contribution in [1.82, 2.24) is 4.98 Å². The van der Waals surface area contributed by atoms with E-state index in [0.29, 0.717) is 0 Å². The average molecular weight is 206 g/mol. The van der Waals surface area contributed by atoms with Crippen LogP contribution in [0.15, 0.2) is 24.4 Å². The van der Waals surface area contributed by atoms with Crippen molar-refractivity contribution in [3.05, 3.63) is 24.4 Å². The first-order valence-corrected chi connectivity index (χ1v) is 6.08. The topological polar surface area (TPSA) is 24.9 Å². The fourth-order valence-corrected chi connectivity index (χ4v) is 1.59. The molecular formula is C13H22N2. The molecule has 0 saturated carbocycles. The van der Waals surface area contributed by atoms with E-state index in [4.69, 9.17) is 0 Å². The number of pyridine rings is 1. The summed E-state index contributed by atoms with van der Waals surface area (Å²) in [6.45, 7) is 3.30. The molecule has 0 aromatic carbocycles. The van der Waals surface area contributed by atoms with Crippen LogP contribution in [0.25, 0.3) is 0 Å². The van der Waals surface area contributed by atoms with E-state index >= 15 is 0 Å². The zero-order valence-electron chi connectivity index (χ0n) is 9.71. The molecule has 0 amide bonds. The highest BCUT2D eigenvalue weighted by Gasteiger charge is 1.91. The van der Waals surface area contributed by atoms with Gasteiger partial charge in [-0.2, -0.15) is 0 Å².